The van der Waals surface area contributed by atoms with Crippen molar-refractivity contribution in [3.05, 3.63) is 0 Å². The SMILES string of the molecule is CC(C)C[PH](CCCO)(CC(C)C)CC(C)C. The molecule has 0 bridgehead atoms. The van der Waals surface area contributed by atoms with Gasteiger partial charge in [-0.15, -0.1) is 0 Å². The molecule has 0 spiro atoms. The molecule has 0 unspecified atom stereocenters. The predicted octanol–water partition coefficient (Wildman–Crippen LogP) is 4.09. The van der Waals surface area contributed by atoms with E-state index in [1.54, 1.807) is 0 Å². The fraction of sp³-hybridized carbons (Fsp3) is 1.00. The molecule has 0 aromatic rings. The van der Waals surface area contributed by atoms with Crippen molar-refractivity contribution in [1.29, 1.82) is 0 Å². The van der Waals surface area contributed by atoms with Gasteiger partial charge in [-0.1, -0.05) is 0 Å². The van der Waals surface area contributed by atoms with Crippen LogP contribution in [0.5, 0.6) is 0 Å². The van der Waals surface area contributed by atoms with Gasteiger partial charge in [-0.25, -0.2) is 0 Å². The summed E-state index contributed by atoms with van der Waals surface area (Å²) in [4.78, 5) is 0. The molecule has 106 valence electrons. The molecule has 0 radical (unpaired) electrons. The monoisotopic (exact) mass is 262 g/mol. The molecule has 2 heteroatoms. The van der Waals surface area contributed by atoms with Crippen LogP contribution in [0.4, 0.5) is 0 Å². The number of hydrogen-bond acceptors (Lipinski definition) is 1. The van der Waals surface area contributed by atoms with Crippen LogP contribution >= 0.6 is 7.26 Å². The molecule has 17 heavy (non-hydrogen) atoms. The Morgan fingerprint density at radius 1 is 0.765 bits per heavy atom. The van der Waals surface area contributed by atoms with Crippen molar-refractivity contribution in [2.45, 2.75) is 48.0 Å². The number of aliphatic hydroxyl groups is 1. The van der Waals surface area contributed by atoms with Crippen LogP contribution in [0.2, 0.25) is 0 Å². The topological polar surface area (TPSA) is 20.2 Å². The number of rotatable bonds is 9. The van der Waals surface area contributed by atoms with Crippen molar-refractivity contribution < 1.29 is 5.11 Å². The minimum absolute atomic E-state index is 0.378. The predicted molar refractivity (Wildman–Crippen MR) is 84.0 cm³/mol. The van der Waals surface area contributed by atoms with Crippen molar-refractivity contribution in [2.24, 2.45) is 17.8 Å². The molecule has 0 saturated carbocycles. The Hall–Kier alpha value is 0.390. The number of hydrogen-bond donors (Lipinski definition) is 1. The maximum atomic E-state index is 9.15. The van der Waals surface area contributed by atoms with Crippen LogP contribution in [0, 0.1) is 17.8 Å². The van der Waals surface area contributed by atoms with Gasteiger partial charge in [0.05, 0.1) is 0 Å². The van der Waals surface area contributed by atoms with Crippen molar-refractivity contribution in [3.63, 3.8) is 0 Å². The van der Waals surface area contributed by atoms with Gasteiger partial charge >= 0.3 is 109 Å². The molecule has 0 aliphatic rings. The van der Waals surface area contributed by atoms with E-state index in [4.69, 9.17) is 5.11 Å². The summed E-state index contributed by atoms with van der Waals surface area (Å²) in [5, 5.41) is 9.15. The van der Waals surface area contributed by atoms with E-state index in [2.05, 4.69) is 41.5 Å². The molecule has 0 heterocycles. The summed E-state index contributed by atoms with van der Waals surface area (Å²) in [5.41, 5.74) is 0. The van der Waals surface area contributed by atoms with Gasteiger partial charge in [-0.05, 0) is 0 Å². The summed E-state index contributed by atoms with van der Waals surface area (Å²) in [6.45, 7) is 14.6. The van der Waals surface area contributed by atoms with E-state index in [0.717, 1.165) is 24.2 Å². The summed E-state index contributed by atoms with van der Waals surface area (Å²) in [6, 6.07) is 0. The minimum atomic E-state index is -1.17. The third kappa shape index (κ3) is 8.16. The summed E-state index contributed by atoms with van der Waals surface area (Å²) < 4.78 is 0. The summed E-state index contributed by atoms with van der Waals surface area (Å²) in [7, 11) is -1.17. The van der Waals surface area contributed by atoms with E-state index in [-0.39, 0.29) is 0 Å². The molecule has 0 fully saturated rings. The van der Waals surface area contributed by atoms with E-state index in [1.807, 2.05) is 0 Å². The zero-order valence-corrected chi connectivity index (χ0v) is 13.9. The molecule has 0 aromatic carbocycles. The molecular weight excluding hydrogens is 227 g/mol. The van der Waals surface area contributed by atoms with Crippen LogP contribution in [0.25, 0.3) is 0 Å². The van der Waals surface area contributed by atoms with E-state index in [1.165, 1.54) is 24.6 Å². The maximum absolute atomic E-state index is 9.15. The van der Waals surface area contributed by atoms with Crippen LogP contribution in [-0.4, -0.2) is 36.4 Å². The van der Waals surface area contributed by atoms with Gasteiger partial charge in [0, 0.05) is 0 Å². The molecule has 1 N–H and O–H groups in total. The van der Waals surface area contributed by atoms with Crippen molar-refractivity contribution in [3.8, 4) is 0 Å². The van der Waals surface area contributed by atoms with Crippen LogP contribution < -0.4 is 0 Å². The molecule has 0 amide bonds. The number of aliphatic hydroxyl groups excluding tert-OH is 1. The first-order valence-corrected chi connectivity index (χ1v) is 10.2. The van der Waals surface area contributed by atoms with E-state index < -0.39 is 7.26 Å². The third-order valence-electron chi connectivity index (χ3n) is 3.39. The van der Waals surface area contributed by atoms with Gasteiger partial charge in [-0.3, -0.25) is 0 Å². The summed E-state index contributed by atoms with van der Waals surface area (Å²) in [5.74, 6) is 2.45. The Morgan fingerprint density at radius 3 is 1.35 bits per heavy atom. The van der Waals surface area contributed by atoms with Gasteiger partial charge in [-0.2, -0.15) is 0 Å². The molecular formula is C15H35OP. The first-order chi connectivity index (χ1) is 7.81. The summed E-state index contributed by atoms with van der Waals surface area (Å²) in [6.07, 6.45) is 6.70. The Labute approximate surface area is 110 Å². The second-order valence-electron chi connectivity index (χ2n) is 7.12. The van der Waals surface area contributed by atoms with E-state index in [0.29, 0.717) is 6.61 Å². The van der Waals surface area contributed by atoms with Gasteiger partial charge in [0.1, 0.15) is 0 Å². The Morgan fingerprint density at radius 2 is 1.12 bits per heavy atom. The van der Waals surface area contributed by atoms with Gasteiger partial charge in [0.15, 0.2) is 0 Å². The second kappa shape index (κ2) is 8.48. The molecule has 0 saturated heterocycles. The summed E-state index contributed by atoms with van der Waals surface area (Å²) >= 11 is 0. The third-order valence-corrected chi connectivity index (χ3v) is 9.85. The average molecular weight is 262 g/mol. The molecule has 0 atom stereocenters. The quantitative estimate of drug-likeness (QED) is 0.621. The van der Waals surface area contributed by atoms with Crippen molar-refractivity contribution in [2.75, 3.05) is 31.3 Å². The van der Waals surface area contributed by atoms with Crippen LogP contribution in [0.15, 0.2) is 0 Å². The van der Waals surface area contributed by atoms with Crippen molar-refractivity contribution in [1.82, 2.24) is 0 Å². The molecule has 0 aromatic heterocycles. The second-order valence-corrected chi connectivity index (χ2v) is 11.8. The van der Waals surface area contributed by atoms with Gasteiger partial charge in [0.25, 0.3) is 0 Å². The first-order valence-electron chi connectivity index (χ1n) is 7.42. The van der Waals surface area contributed by atoms with Crippen molar-refractivity contribution >= 4 is 7.26 Å². The fourth-order valence-electron chi connectivity index (χ4n) is 3.61. The molecule has 1 nitrogen and oxygen atoms in total. The van der Waals surface area contributed by atoms with Crippen LogP contribution in [0.3, 0.4) is 0 Å². The Bertz CT molecular complexity index is 161. The van der Waals surface area contributed by atoms with E-state index in [9.17, 15) is 0 Å². The van der Waals surface area contributed by atoms with Gasteiger partial charge in [0.2, 0.25) is 0 Å². The molecule has 0 rings (SSSR count). The van der Waals surface area contributed by atoms with E-state index >= 15 is 0 Å². The Balaban J connectivity index is 4.76. The zero-order chi connectivity index (χ0) is 13.5. The zero-order valence-electron chi connectivity index (χ0n) is 12.9. The molecule has 0 aliphatic heterocycles. The Kier molecular flexibility index (Phi) is 8.68. The molecule has 0 aliphatic carbocycles. The fourth-order valence-corrected chi connectivity index (χ4v) is 10.8. The van der Waals surface area contributed by atoms with Crippen LogP contribution in [-0.2, 0) is 0 Å². The average Bonchev–Trinajstić information content (AvgIpc) is 2.11. The van der Waals surface area contributed by atoms with Gasteiger partial charge < -0.3 is 0 Å². The normalized spacial score (nSPS) is 14.0. The van der Waals surface area contributed by atoms with Crippen LogP contribution in [0.1, 0.15) is 48.0 Å². The standard InChI is InChI=1S/C15H35OP/c1-13(2)10-17(9-7-8-16,11-14(3)4)12-15(5)6/h13-17H,7-12H2,1-6H3. The first kappa shape index (κ1) is 17.4.